The van der Waals surface area contributed by atoms with Crippen molar-refractivity contribution in [2.24, 2.45) is 0 Å². The van der Waals surface area contributed by atoms with Gasteiger partial charge in [0.25, 0.3) is 0 Å². The Balaban J connectivity index is 1.12. The Morgan fingerprint density at radius 2 is 0.981 bits per heavy atom. The second-order valence-corrected chi connectivity index (χ2v) is 15.2. The zero-order valence-corrected chi connectivity index (χ0v) is 29.4. The number of hydrogen-bond acceptors (Lipinski definition) is 1. The fourth-order valence-electron chi connectivity index (χ4n) is 8.88. The summed E-state index contributed by atoms with van der Waals surface area (Å²) < 4.78 is 7.57. The van der Waals surface area contributed by atoms with E-state index in [1.807, 2.05) is 11.3 Å². The number of aromatic nitrogens is 2. The zero-order chi connectivity index (χ0) is 34.6. The van der Waals surface area contributed by atoms with E-state index in [0.717, 1.165) is 0 Å². The first kappa shape index (κ1) is 29.0. The highest BCUT2D eigenvalue weighted by Gasteiger charge is 2.20. The van der Waals surface area contributed by atoms with E-state index in [9.17, 15) is 0 Å². The van der Waals surface area contributed by atoms with Crippen LogP contribution in [0.2, 0.25) is 0 Å². The average Bonchev–Trinajstić information content (AvgIpc) is 3.87. The maximum Gasteiger partial charge on any atom is 0.0555 e. The highest BCUT2D eigenvalue weighted by molar-refractivity contribution is 7.26. The molecule has 0 saturated carbocycles. The maximum absolute atomic E-state index is 2.46. The highest BCUT2D eigenvalue weighted by atomic mass is 32.1. The lowest BCUT2D eigenvalue weighted by atomic mass is 10.00. The number of hydrogen-bond donors (Lipinski definition) is 0. The van der Waals surface area contributed by atoms with Gasteiger partial charge in [0.1, 0.15) is 0 Å². The van der Waals surface area contributed by atoms with Crippen molar-refractivity contribution in [3.63, 3.8) is 0 Å². The number of rotatable bonds is 3. The molecule has 0 unspecified atom stereocenters. The van der Waals surface area contributed by atoms with Gasteiger partial charge in [-0.1, -0.05) is 121 Å². The van der Waals surface area contributed by atoms with Gasteiger partial charge in [-0.3, -0.25) is 0 Å². The van der Waals surface area contributed by atoms with Crippen molar-refractivity contribution in [3.05, 3.63) is 182 Å². The van der Waals surface area contributed by atoms with Crippen molar-refractivity contribution in [3.8, 4) is 22.5 Å². The first-order valence-corrected chi connectivity index (χ1v) is 19.0. The molecule has 0 fully saturated rings. The van der Waals surface area contributed by atoms with E-state index in [-0.39, 0.29) is 0 Å². The van der Waals surface area contributed by atoms with E-state index in [2.05, 4.69) is 191 Å². The predicted molar refractivity (Wildman–Crippen MR) is 228 cm³/mol. The Bertz CT molecular complexity index is 3460. The first-order valence-electron chi connectivity index (χ1n) is 18.2. The van der Waals surface area contributed by atoms with E-state index in [0.29, 0.717) is 0 Å². The summed E-state index contributed by atoms with van der Waals surface area (Å²) >= 11 is 1.91. The number of benzene rings is 9. The predicted octanol–water partition coefficient (Wildman–Crippen LogP) is 14.2. The number of fused-ring (bicyclic) bond motifs is 12. The summed E-state index contributed by atoms with van der Waals surface area (Å²) in [6.07, 6.45) is 0. The van der Waals surface area contributed by atoms with Crippen LogP contribution in [0.5, 0.6) is 0 Å². The van der Waals surface area contributed by atoms with Crippen molar-refractivity contribution < 1.29 is 0 Å². The molecule has 0 radical (unpaired) electrons. The van der Waals surface area contributed by atoms with Gasteiger partial charge in [-0.05, 0) is 87.9 Å². The quantitative estimate of drug-likeness (QED) is 0.175. The summed E-state index contributed by atoms with van der Waals surface area (Å²) in [4.78, 5) is 0. The molecular formula is C50H30N2S. The molecule has 3 heteroatoms. The van der Waals surface area contributed by atoms with Crippen LogP contribution >= 0.6 is 11.3 Å². The molecule has 3 aromatic heterocycles. The topological polar surface area (TPSA) is 9.86 Å². The fraction of sp³-hybridized carbons (Fsp3) is 0. The summed E-state index contributed by atoms with van der Waals surface area (Å²) in [6.45, 7) is 0. The van der Waals surface area contributed by atoms with Crippen LogP contribution in [0.1, 0.15) is 0 Å². The Hall–Kier alpha value is -6.68. The highest BCUT2D eigenvalue weighted by Crippen LogP contribution is 2.45. The molecular weight excluding hydrogens is 661 g/mol. The largest absolute Gasteiger partial charge is 0.309 e. The molecule has 2 nitrogen and oxygen atoms in total. The van der Waals surface area contributed by atoms with Gasteiger partial charge in [0, 0.05) is 52.8 Å². The number of thiophene rings is 1. The molecule has 246 valence electrons. The molecule has 0 saturated heterocycles. The normalized spacial score (nSPS) is 12.2. The molecule has 53 heavy (non-hydrogen) atoms. The van der Waals surface area contributed by atoms with Gasteiger partial charge in [0.15, 0.2) is 0 Å². The molecule has 0 aliphatic heterocycles. The Labute approximate surface area is 309 Å². The van der Waals surface area contributed by atoms with Crippen LogP contribution in [0, 0.1) is 0 Å². The monoisotopic (exact) mass is 690 g/mol. The second kappa shape index (κ2) is 10.9. The van der Waals surface area contributed by atoms with Gasteiger partial charge in [0.2, 0.25) is 0 Å². The van der Waals surface area contributed by atoms with Gasteiger partial charge >= 0.3 is 0 Å². The SMILES string of the molecule is c1ccc2cc(-n3c4ccc(-c5ccc6c(c5)c5ccccc5n6-c5cccc6ccccc56)cc4c4c5sc6ccccc6c5ccc43)ccc2c1. The summed E-state index contributed by atoms with van der Waals surface area (Å²) in [5.41, 5.74) is 9.71. The summed E-state index contributed by atoms with van der Waals surface area (Å²) in [5.74, 6) is 0. The molecule has 0 atom stereocenters. The van der Waals surface area contributed by atoms with E-state index >= 15 is 0 Å². The lowest BCUT2D eigenvalue weighted by Gasteiger charge is -2.12. The molecule has 3 heterocycles. The fourth-order valence-corrected chi connectivity index (χ4v) is 10.1. The summed E-state index contributed by atoms with van der Waals surface area (Å²) in [6, 6.07) is 67.2. The first-order chi connectivity index (χ1) is 26.3. The third-order valence-electron chi connectivity index (χ3n) is 11.3. The third-order valence-corrected chi connectivity index (χ3v) is 12.5. The molecule has 12 aromatic rings. The van der Waals surface area contributed by atoms with E-state index < -0.39 is 0 Å². The van der Waals surface area contributed by atoms with Crippen LogP contribution in [-0.2, 0) is 0 Å². The van der Waals surface area contributed by atoms with Crippen LogP contribution in [0.25, 0.3) is 108 Å². The molecule has 0 spiro atoms. The van der Waals surface area contributed by atoms with E-state index in [4.69, 9.17) is 0 Å². The molecule has 0 aliphatic carbocycles. The van der Waals surface area contributed by atoms with Crippen molar-refractivity contribution in [1.82, 2.24) is 9.13 Å². The number of para-hydroxylation sites is 1. The Kier molecular flexibility index (Phi) is 5.96. The number of nitrogens with zero attached hydrogens (tertiary/aromatic N) is 2. The van der Waals surface area contributed by atoms with E-state index in [1.54, 1.807) is 0 Å². The standard InChI is InChI=1S/C50H30N2S/c1-2-12-33-28-36(23-20-31(33)10-1)51-46-26-22-35(30-42(46)49-47(51)27-24-40-39-16-6-8-19-48(39)53-50(40)49)34-21-25-45-41(29-34)38-15-5-7-17-44(38)52(45)43-18-9-13-32-11-3-4-14-37(32)43/h1-30H. The summed E-state index contributed by atoms with van der Waals surface area (Å²) in [7, 11) is 0. The van der Waals surface area contributed by atoms with Crippen molar-refractivity contribution in [1.29, 1.82) is 0 Å². The minimum atomic E-state index is 1.18. The minimum absolute atomic E-state index is 1.18. The maximum atomic E-state index is 2.46. The van der Waals surface area contributed by atoms with Crippen LogP contribution in [-0.4, -0.2) is 9.13 Å². The molecule has 0 amide bonds. The Morgan fingerprint density at radius 3 is 1.85 bits per heavy atom. The van der Waals surface area contributed by atoms with Crippen LogP contribution in [0.3, 0.4) is 0 Å². The summed E-state index contributed by atoms with van der Waals surface area (Å²) in [5, 5.41) is 12.8. The van der Waals surface area contributed by atoms with Crippen molar-refractivity contribution in [2.75, 3.05) is 0 Å². The van der Waals surface area contributed by atoms with Crippen LogP contribution < -0.4 is 0 Å². The molecule has 0 N–H and O–H groups in total. The minimum Gasteiger partial charge on any atom is -0.309 e. The van der Waals surface area contributed by atoms with Gasteiger partial charge < -0.3 is 9.13 Å². The zero-order valence-electron chi connectivity index (χ0n) is 28.6. The van der Waals surface area contributed by atoms with Crippen LogP contribution in [0.4, 0.5) is 0 Å². The third kappa shape index (κ3) is 4.14. The molecule has 12 rings (SSSR count). The smallest absolute Gasteiger partial charge is 0.0555 e. The van der Waals surface area contributed by atoms with E-state index in [1.165, 1.54) is 108 Å². The second-order valence-electron chi connectivity index (χ2n) is 14.1. The van der Waals surface area contributed by atoms with Gasteiger partial charge in [0.05, 0.1) is 27.8 Å². The lowest BCUT2D eigenvalue weighted by molar-refractivity contribution is 1.19. The van der Waals surface area contributed by atoms with Crippen molar-refractivity contribution in [2.45, 2.75) is 0 Å². The lowest BCUT2D eigenvalue weighted by Crippen LogP contribution is -1.95. The van der Waals surface area contributed by atoms with Gasteiger partial charge in [-0.15, -0.1) is 11.3 Å². The molecule has 0 bridgehead atoms. The van der Waals surface area contributed by atoms with Gasteiger partial charge in [-0.2, -0.15) is 0 Å². The Morgan fingerprint density at radius 1 is 0.340 bits per heavy atom. The van der Waals surface area contributed by atoms with Gasteiger partial charge in [-0.25, -0.2) is 0 Å². The molecule has 0 aliphatic rings. The van der Waals surface area contributed by atoms with Crippen LogP contribution in [0.15, 0.2) is 182 Å². The van der Waals surface area contributed by atoms with Crippen molar-refractivity contribution >= 4 is 96.7 Å². The molecule has 9 aromatic carbocycles. The average molecular weight is 691 g/mol.